The number of hydrogen-bond acceptors (Lipinski definition) is 6. The van der Waals surface area contributed by atoms with Crippen LogP contribution in [-0.4, -0.2) is 17.4 Å². The van der Waals surface area contributed by atoms with Crippen LogP contribution in [0.2, 0.25) is 5.02 Å². The van der Waals surface area contributed by atoms with Gasteiger partial charge in [-0.3, -0.25) is 9.59 Å². The van der Waals surface area contributed by atoms with E-state index in [1.54, 1.807) is 18.2 Å². The smallest absolute Gasteiger partial charge is 0.234 e. The highest BCUT2D eigenvalue weighted by molar-refractivity contribution is 8.03. The molecule has 0 radical (unpaired) electrons. The van der Waals surface area contributed by atoms with Crippen LogP contribution in [0, 0.1) is 18.3 Å². The Labute approximate surface area is 194 Å². The number of benzene rings is 1. The second-order valence-electron chi connectivity index (χ2n) is 7.35. The van der Waals surface area contributed by atoms with E-state index in [9.17, 15) is 14.9 Å². The van der Waals surface area contributed by atoms with Gasteiger partial charge in [0.2, 0.25) is 5.91 Å². The van der Waals surface area contributed by atoms with Crippen molar-refractivity contribution < 1.29 is 9.59 Å². The molecule has 1 atom stereocenters. The first kappa shape index (κ1) is 21.7. The summed E-state index contributed by atoms with van der Waals surface area (Å²) in [6.07, 6.45) is 2.06. The quantitative estimate of drug-likeness (QED) is 0.603. The van der Waals surface area contributed by atoms with E-state index in [2.05, 4.69) is 16.7 Å². The molecule has 2 heterocycles. The number of ketones is 1. The van der Waals surface area contributed by atoms with Crippen LogP contribution in [0.25, 0.3) is 0 Å². The third kappa shape index (κ3) is 4.42. The predicted molar refractivity (Wildman–Crippen MR) is 126 cm³/mol. The monoisotopic (exact) mass is 469 g/mol. The van der Waals surface area contributed by atoms with Crippen LogP contribution in [0.4, 0.5) is 5.69 Å². The molecule has 0 fully saturated rings. The Morgan fingerprint density at radius 1 is 1.35 bits per heavy atom. The van der Waals surface area contributed by atoms with Gasteiger partial charge in [-0.25, -0.2) is 0 Å². The van der Waals surface area contributed by atoms with Crippen molar-refractivity contribution in [1.29, 1.82) is 5.26 Å². The predicted octanol–water partition coefficient (Wildman–Crippen LogP) is 5.51. The molecule has 8 heteroatoms. The highest BCUT2D eigenvalue weighted by Crippen LogP contribution is 2.45. The first-order valence-corrected chi connectivity index (χ1v) is 12.1. The molecule has 1 aliphatic heterocycles. The number of dihydropyridines is 1. The van der Waals surface area contributed by atoms with E-state index < -0.39 is 0 Å². The molecule has 0 spiro atoms. The minimum atomic E-state index is -0.366. The normalized spacial score (nSPS) is 18.4. The summed E-state index contributed by atoms with van der Waals surface area (Å²) >= 11 is 8.96. The summed E-state index contributed by atoms with van der Waals surface area (Å²) in [5.74, 6) is -0.324. The lowest BCUT2D eigenvalue weighted by atomic mass is 9.79. The van der Waals surface area contributed by atoms with E-state index in [0.29, 0.717) is 33.3 Å². The van der Waals surface area contributed by atoms with Crippen molar-refractivity contribution in [3.63, 3.8) is 0 Å². The van der Waals surface area contributed by atoms with Crippen LogP contribution >= 0.6 is 34.7 Å². The summed E-state index contributed by atoms with van der Waals surface area (Å²) in [7, 11) is 0. The van der Waals surface area contributed by atoms with Gasteiger partial charge in [0, 0.05) is 33.3 Å². The lowest BCUT2D eigenvalue weighted by Crippen LogP contribution is -2.31. The number of Topliss-reactive ketones (excluding diaryl/α,β-unsaturated/α-hetero) is 1. The molecule has 2 N–H and O–H groups in total. The fraction of sp³-hybridized carbons (Fsp3) is 0.261. The zero-order chi connectivity index (χ0) is 22.0. The van der Waals surface area contributed by atoms with E-state index in [-0.39, 0.29) is 23.4 Å². The Bertz CT molecular complexity index is 1150. The number of nitrogens with zero attached hydrogens (tertiary/aromatic N) is 1. The number of thioether (sulfide) groups is 1. The van der Waals surface area contributed by atoms with Gasteiger partial charge in [0.1, 0.15) is 0 Å². The number of thiophene rings is 1. The van der Waals surface area contributed by atoms with Crippen LogP contribution in [-0.2, 0) is 9.59 Å². The fourth-order valence-electron chi connectivity index (χ4n) is 3.84. The fourth-order valence-corrected chi connectivity index (χ4v) is 5.72. The number of amides is 1. The molecule has 0 bridgehead atoms. The lowest BCUT2D eigenvalue weighted by molar-refractivity contribution is -0.116. The minimum Gasteiger partial charge on any atom is -0.352 e. The SMILES string of the molecule is Cc1c(Cl)cccc1NC(=O)CSC1=C(C#N)C(c2cccs2)C2=C(CCCC2=O)N1. The van der Waals surface area contributed by atoms with Crippen LogP contribution in [0.1, 0.15) is 35.6 Å². The molecule has 1 aromatic carbocycles. The Balaban J connectivity index is 1.58. The average Bonchev–Trinajstić information content (AvgIpc) is 3.29. The molecule has 0 saturated heterocycles. The highest BCUT2D eigenvalue weighted by atomic mass is 35.5. The molecule has 1 aliphatic carbocycles. The molecule has 1 unspecified atom stereocenters. The topological polar surface area (TPSA) is 82.0 Å². The highest BCUT2D eigenvalue weighted by Gasteiger charge is 2.37. The van der Waals surface area contributed by atoms with Gasteiger partial charge in [0.05, 0.1) is 28.3 Å². The van der Waals surface area contributed by atoms with E-state index >= 15 is 0 Å². The molecule has 31 heavy (non-hydrogen) atoms. The third-order valence-electron chi connectivity index (χ3n) is 5.38. The molecule has 2 aliphatic rings. The van der Waals surface area contributed by atoms with Gasteiger partial charge in [-0.2, -0.15) is 5.26 Å². The summed E-state index contributed by atoms with van der Waals surface area (Å²) in [4.78, 5) is 26.3. The van der Waals surface area contributed by atoms with Crippen molar-refractivity contribution in [2.45, 2.75) is 32.1 Å². The number of halogens is 1. The zero-order valence-corrected chi connectivity index (χ0v) is 19.2. The number of hydrogen-bond donors (Lipinski definition) is 2. The number of nitrogens with one attached hydrogen (secondary N) is 2. The average molecular weight is 470 g/mol. The lowest BCUT2D eigenvalue weighted by Gasteiger charge is -2.32. The van der Waals surface area contributed by atoms with Crippen molar-refractivity contribution in [1.82, 2.24) is 5.32 Å². The van der Waals surface area contributed by atoms with Crippen molar-refractivity contribution in [3.05, 3.63) is 73.0 Å². The van der Waals surface area contributed by atoms with E-state index in [4.69, 9.17) is 11.6 Å². The molecule has 1 amide bonds. The first-order chi connectivity index (χ1) is 15.0. The summed E-state index contributed by atoms with van der Waals surface area (Å²) in [5.41, 5.74) is 3.55. The van der Waals surface area contributed by atoms with Crippen LogP contribution in [0.5, 0.6) is 0 Å². The Kier molecular flexibility index (Phi) is 6.51. The molecule has 5 nitrogen and oxygen atoms in total. The third-order valence-corrected chi connectivity index (χ3v) is 7.74. The van der Waals surface area contributed by atoms with Gasteiger partial charge >= 0.3 is 0 Å². The second kappa shape index (κ2) is 9.31. The van der Waals surface area contributed by atoms with Crippen LogP contribution < -0.4 is 10.6 Å². The number of carbonyl (C=O) groups excluding carboxylic acids is 2. The van der Waals surface area contributed by atoms with Gasteiger partial charge in [-0.05, 0) is 48.9 Å². The molecular weight excluding hydrogens is 450 g/mol. The van der Waals surface area contributed by atoms with Crippen LogP contribution in [0.3, 0.4) is 0 Å². The number of nitriles is 1. The maximum atomic E-state index is 12.7. The van der Waals surface area contributed by atoms with Crippen LogP contribution in [0.15, 0.2) is 57.6 Å². The molecule has 158 valence electrons. The minimum absolute atomic E-state index is 0.0955. The summed E-state index contributed by atoms with van der Waals surface area (Å²) < 4.78 is 0. The number of carbonyl (C=O) groups is 2. The summed E-state index contributed by atoms with van der Waals surface area (Å²) in [6, 6.07) is 11.6. The summed E-state index contributed by atoms with van der Waals surface area (Å²) in [5, 5.41) is 19.3. The molecule has 1 aromatic heterocycles. The molecule has 2 aromatic rings. The number of anilines is 1. The van der Waals surface area contributed by atoms with E-state index in [1.165, 1.54) is 23.1 Å². The second-order valence-corrected chi connectivity index (χ2v) is 9.72. The standard InChI is InChI=1S/C23H20ClN3O2S2/c1-13-15(24)5-2-6-16(13)26-20(29)12-31-23-14(11-25)21(19-9-4-10-30-19)22-17(27-23)7-3-8-18(22)28/h2,4-6,9-10,21,27H,3,7-8,12H2,1H3,(H,26,29). The van der Waals surface area contributed by atoms with Gasteiger partial charge in [-0.1, -0.05) is 35.5 Å². The molecular formula is C23H20ClN3O2S2. The van der Waals surface area contributed by atoms with Crippen molar-refractivity contribution in [2.24, 2.45) is 0 Å². The maximum Gasteiger partial charge on any atom is 0.234 e. The van der Waals surface area contributed by atoms with Gasteiger partial charge in [0.25, 0.3) is 0 Å². The van der Waals surface area contributed by atoms with Gasteiger partial charge in [-0.15, -0.1) is 11.3 Å². The molecule has 0 saturated carbocycles. The van der Waals surface area contributed by atoms with Crippen molar-refractivity contribution in [3.8, 4) is 6.07 Å². The Morgan fingerprint density at radius 3 is 2.94 bits per heavy atom. The number of allylic oxidation sites excluding steroid dienone is 3. The first-order valence-electron chi connectivity index (χ1n) is 9.88. The van der Waals surface area contributed by atoms with E-state index in [0.717, 1.165) is 29.0 Å². The largest absolute Gasteiger partial charge is 0.352 e. The molecule has 4 rings (SSSR count). The Hall–Kier alpha value is -2.53. The van der Waals surface area contributed by atoms with Crippen molar-refractivity contribution in [2.75, 3.05) is 11.1 Å². The number of rotatable bonds is 5. The van der Waals surface area contributed by atoms with E-state index in [1.807, 2.05) is 24.4 Å². The van der Waals surface area contributed by atoms with Crippen molar-refractivity contribution >= 4 is 52.1 Å². The summed E-state index contributed by atoms with van der Waals surface area (Å²) in [6.45, 7) is 1.85. The maximum absolute atomic E-state index is 12.7. The zero-order valence-electron chi connectivity index (χ0n) is 16.8. The van der Waals surface area contributed by atoms with Gasteiger partial charge in [0.15, 0.2) is 5.78 Å². The Morgan fingerprint density at radius 2 is 2.19 bits per heavy atom. The van der Waals surface area contributed by atoms with Gasteiger partial charge < -0.3 is 10.6 Å².